The molecule has 0 bridgehead atoms. The zero-order valence-electron chi connectivity index (χ0n) is 18.3. The molecule has 30 heavy (non-hydrogen) atoms. The lowest BCUT2D eigenvalue weighted by Gasteiger charge is -2.37. The van der Waals surface area contributed by atoms with Gasteiger partial charge < -0.3 is 9.53 Å². The van der Waals surface area contributed by atoms with E-state index in [1.807, 2.05) is 61.6 Å². The normalized spacial score (nSPS) is 13.7. The average Bonchev–Trinajstić information content (AvgIpc) is 2.63. The molecule has 0 unspecified atom stereocenters. The second kappa shape index (κ2) is 9.85. The Morgan fingerprint density at radius 1 is 1.17 bits per heavy atom. The Labute approximate surface area is 190 Å². The van der Waals surface area contributed by atoms with E-state index in [1.165, 1.54) is 0 Å². The summed E-state index contributed by atoms with van der Waals surface area (Å²) in [6, 6.07) is 15.4. The van der Waals surface area contributed by atoms with Crippen molar-refractivity contribution in [1.82, 2.24) is 0 Å². The van der Waals surface area contributed by atoms with Crippen LogP contribution in [-0.4, -0.2) is 33.1 Å². The van der Waals surface area contributed by atoms with Crippen molar-refractivity contribution in [3.63, 3.8) is 0 Å². The van der Waals surface area contributed by atoms with Crippen LogP contribution in [0.2, 0.25) is 18.1 Å². The first-order chi connectivity index (χ1) is 13.8. The third-order valence-corrected chi connectivity index (χ3v) is 10.5. The summed E-state index contributed by atoms with van der Waals surface area (Å²) in [5.41, 5.74) is 2.42. The van der Waals surface area contributed by atoms with E-state index in [4.69, 9.17) is 4.74 Å². The fraction of sp³-hybridized carbons (Fsp3) is 0.455. The second-order valence-corrected chi connectivity index (χ2v) is 15.8. The minimum atomic E-state index is -3.47. The minimum absolute atomic E-state index is 0.127. The number of benzene rings is 2. The van der Waals surface area contributed by atoms with Crippen LogP contribution >= 0.6 is 15.9 Å². The summed E-state index contributed by atoms with van der Waals surface area (Å²) in [4.78, 5) is 10.7. The number of hydrogen-bond acceptors (Lipinski definition) is 4. The fourth-order valence-corrected chi connectivity index (χ4v) is 4.98. The van der Waals surface area contributed by atoms with E-state index in [-0.39, 0.29) is 11.0 Å². The summed E-state index contributed by atoms with van der Waals surface area (Å²) in [6.07, 6.45) is 1.92. The Morgan fingerprint density at radius 3 is 2.33 bits per heavy atom. The lowest BCUT2D eigenvalue weighted by molar-refractivity contribution is 0.308. The summed E-state index contributed by atoms with van der Waals surface area (Å²) in [7, 11) is -5.83. The highest BCUT2D eigenvalue weighted by molar-refractivity contribution is 9.09. The van der Waals surface area contributed by atoms with Gasteiger partial charge in [0.2, 0.25) is 10.0 Å². The van der Waals surface area contributed by atoms with Gasteiger partial charge in [-0.15, -0.1) is 0 Å². The highest BCUT2D eigenvalue weighted by Crippen LogP contribution is 2.45. The van der Waals surface area contributed by atoms with E-state index in [9.17, 15) is 13.2 Å². The maximum atomic E-state index is 11.9. The summed E-state index contributed by atoms with van der Waals surface area (Å²) in [5, 5.41) is 0.516. The van der Waals surface area contributed by atoms with E-state index >= 15 is 0 Å². The number of ether oxygens (including phenoxy) is 1. The van der Waals surface area contributed by atoms with Gasteiger partial charge in [-0.3, -0.25) is 4.72 Å². The molecule has 5 nitrogen and oxygen atoms in total. The molecule has 2 rings (SSSR count). The van der Waals surface area contributed by atoms with Crippen molar-refractivity contribution in [2.75, 3.05) is 16.3 Å². The Morgan fingerprint density at radius 2 is 1.80 bits per heavy atom. The van der Waals surface area contributed by atoms with Gasteiger partial charge in [0.25, 0.3) is 0 Å². The van der Waals surface area contributed by atoms with Crippen LogP contribution in [0.5, 0.6) is 5.75 Å². The van der Waals surface area contributed by atoms with Gasteiger partial charge >= 0.3 is 0 Å². The number of hydrogen-bond donors (Lipinski definition) is 2. The first-order valence-corrected chi connectivity index (χ1v) is 15.9. The molecule has 0 aliphatic carbocycles. The Balaban J connectivity index is 2.33. The molecule has 1 atom stereocenters. The van der Waals surface area contributed by atoms with Crippen LogP contribution in [0, 0.1) is 0 Å². The zero-order valence-corrected chi connectivity index (χ0v) is 21.7. The Hall–Kier alpha value is -1.35. The smallest absolute Gasteiger partial charge is 0.229 e. The molecular weight excluding hydrogens is 482 g/mol. The topological polar surface area (TPSA) is 75.6 Å². The number of nitrogens with one attached hydrogen (secondary N) is 1. The highest BCUT2D eigenvalue weighted by atomic mass is 79.9. The van der Waals surface area contributed by atoms with Gasteiger partial charge in [0.15, 0.2) is 8.32 Å². The molecule has 0 fully saturated rings. The summed E-state index contributed by atoms with van der Waals surface area (Å²) in [5.74, 6) is 0.611. The molecule has 0 aromatic heterocycles. The van der Waals surface area contributed by atoms with Crippen LogP contribution in [0.25, 0.3) is 0 Å². The van der Waals surface area contributed by atoms with E-state index in [1.54, 1.807) is 0 Å². The number of anilines is 1. The van der Waals surface area contributed by atoms with Gasteiger partial charge in [0, 0.05) is 5.33 Å². The molecule has 0 heterocycles. The highest BCUT2D eigenvalue weighted by Gasteiger charge is 2.39. The SMILES string of the molecule is CC(C)(C[C@@H](CBr)c1ccc(OCc2ccccc2)c(NS(C)(=O)=O)c1)[Si](C)(C)O. The van der Waals surface area contributed by atoms with Crippen molar-refractivity contribution in [2.45, 2.75) is 50.9 Å². The van der Waals surface area contributed by atoms with E-state index in [0.29, 0.717) is 23.4 Å². The standard InChI is InChI=1S/C22H32BrNO4SSi/c1-22(2,30(4,5)27)14-19(15-23)18-11-12-21(20(13-18)24-29(3,25)26)28-16-17-9-7-6-8-10-17/h6-13,19,24,27H,14-16H2,1-5H3/t19-/m0/s1. The third-order valence-electron chi connectivity index (χ3n) is 5.61. The maximum Gasteiger partial charge on any atom is 0.229 e. The molecule has 0 spiro atoms. The molecule has 2 aromatic carbocycles. The zero-order chi connectivity index (χ0) is 22.6. The number of rotatable bonds is 10. The number of alkyl halides is 1. The van der Waals surface area contributed by atoms with E-state index in [2.05, 4.69) is 34.5 Å². The second-order valence-electron chi connectivity index (χ2n) is 8.90. The van der Waals surface area contributed by atoms with Gasteiger partial charge in [-0.2, -0.15) is 0 Å². The molecular formula is C22H32BrNO4SSi. The van der Waals surface area contributed by atoms with Crippen molar-refractivity contribution in [3.05, 3.63) is 59.7 Å². The fourth-order valence-electron chi connectivity index (χ4n) is 3.07. The van der Waals surface area contributed by atoms with Gasteiger partial charge in [0.1, 0.15) is 12.4 Å². The first-order valence-electron chi connectivity index (χ1n) is 9.89. The van der Waals surface area contributed by atoms with Gasteiger partial charge in [-0.1, -0.05) is 66.2 Å². The van der Waals surface area contributed by atoms with E-state index < -0.39 is 18.3 Å². The first kappa shape index (κ1) is 24.9. The quantitative estimate of drug-likeness (QED) is 0.325. The van der Waals surface area contributed by atoms with Crippen LogP contribution < -0.4 is 9.46 Å². The molecule has 166 valence electrons. The molecule has 2 N–H and O–H groups in total. The van der Waals surface area contributed by atoms with Crippen LogP contribution in [0.1, 0.15) is 37.3 Å². The number of halogens is 1. The van der Waals surface area contributed by atoms with Gasteiger partial charge in [0.05, 0.1) is 11.9 Å². The Kier molecular flexibility index (Phi) is 8.18. The molecule has 0 aliphatic heterocycles. The molecule has 2 aromatic rings. The minimum Gasteiger partial charge on any atom is -0.487 e. The van der Waals surface area contributed by atoms with Crippen LogP contribution in [-0.2, 0) is 16.6 Å². The van der Waals surface area contributed by atoms with Crippen molar-refractivity contribution in [1.29, 1.82) is 0 Å². The predicted octanol–water partition coefficient (Wildman–Crippen LogP) is 5.48. The summed E-state index contributed by atoms with van der Waals surface area (Å²) in [6.45, 7) is 8.45. The Bertz CT molecular complexity index is 943. The lowest BCUT2D eigenvalue weighted by atomic mass is 9.91. The van der Waals surface area contributed by atoms with Crippen molar-refractivity contribution < 1.29 is 18.0 Å². The predicted molar refractivity (Wildman–Crippen MR) is 131 cm³/mol. The average molecular weight is 515 g/mol. The molecule has 0 amide bonds. The monoisotopic (exact) mass is 513 g/mol. The molecule has 0 saturated heterocycles. The van der Waals surface area contributed by atoms with Gasteiger partial charge in [-0.25, -0.2) is 8.42 Å². The molecule has 8 heteroatoms. The van der Waals surface area contributed by atoms with E-state index in [0.717, 1.165) is 23.8 Å². The summed E-state index contributed by atoms with van der Waals surface area (Å²) < 4.78 is 32.4. The molecule has 0 aliphatic rings. The summed E-state index contributed by atoms with van der Waals surface area (Å²) >= 11 is 3.60. The van der Waals surface area contributed by atoms with Gasteiger partial charge in [-0.05, 0) is 53.7 Å². The maximum absolute atomic E-state index is 11.9. The molecule has 0 saturated carbocycles. The van der Waals surface area contributed by atoms with Crippen molar-refractivity contribution >= 4 is 40.0 Å². The van der Waals surface area contributed by atoms with Crippen LogP contribution in [0.15, 0.2) is 48.5 Å². The van der Waals surface area contributed by atoms with Crippen LogP contribution in [0.4, 0.5) is 5.69 Å². The molecule has 0 radical (unpaired) electrons. The van der Waals surface area contributed by atoms with Crippen molar-refractivity contribution in [2.24, 2.45) is 0 Å². The number of sulfonamides is 1. The van der Waals surface area contributed by atoms with Crippen molar-refractivity contribution in [3.8, 4) is 5.75 Å². The largest absolute Gasteiger partial charge is 0.487 e. The van der Waals surface area contributed by atoms with Crippen LogP contribution in [0.3, 0.4) is 0 Å². The lowest BCUT2D eigenvalue weighted by Crippen LogP contribution is -2.40. The third kappa shape index (κ3) is 7.11.